The Balaban J connectivity index is 1.25. The molecule has 1 fully saturated rings. The van der Waals surface area contributed by atoms with E-state index < -0.39 is 5.82 Å². The first-order valence-corrected chi connectivity index (χ1v) is 13.1. The van der Waals surface area contributed by atoms with Gasteiger partial charge in [0, 0.05) is 42.3 Å². The van der Waals surface area contributed by atoms with Crippen molar-refractivity contribution in [3.8, 4) is 5.75 Å². The van der Waals surface area contributed by atoms with Crippen LogP contribution < -0.4 is 9.64 Å². The van der Waals surface area contributed by atoms with Gasteiger partial charge in [0.15, 0.2) is 5.78 Å². The number of hydrogen-bond acceptors (Lipinski definition) is 5. The predicted molar refractivity (Wildman–Crippen MR) is 147 cm³/mol. The first kappa shape index (κ1) is 25.6. The van der Waals surface area contributed by atoms with E-state index in [0.717, 1.165) is 30.5 Å². The van der Waals surface area contributed by atoms with Crippen LogP contribution in [0.2, 0.25) is 0 Å². The summed E-state index contributed by atoms with van der Waals surface area (Å²) < 4.78 is 20.9. The van der Waals surface area contributed by atoms with Crippen LogP contribution in [0.3, 0.4) is 0 Å². The zero-order chi connectivity index (χ0) is 26.8. The summed E-state index contributed by atoms with van der Waals surface area (Å²) in [6.45, 7) is 4.30. The molecule has 0 bridgehead atoms. The van der Waals surface area contributed by atoms with Gasteiger partial charge in [0.05, 0.1) is 5.56 Å². The number of carbonyl (C=O) groups excluding carboxylic acids is 1. The van der Waals surface area contributed by atoms with Crippen LogP contribution in [0.15, 0.2) is 77.9 Å². The average Bonchev–Trinajstić information content (AvgIpc) is 3.65. The van der Waals surface area contributed by atoms with Crippen molar-refractivity contribution in [3.63, 3.8) is 0 Å². The summed E-state index contributed by atoms with van der Waals surface area (Å²) in [4.78, 5) is 23.0. The van der Waals surface area contributed by atoms with E-state index in [1.54, 1.807) is 42.7 Å². The minimum absolute atomic E-state index is 0.0472. The number of pyridine rings is 1. The Bertz CT molecular complexity index is 1400. The van der Waals surface area contributed by atoms with E-state index in [-0.39, 0.29) is 23.2 Å². The molecule has 5 rings (SSSR count). The fourth-order valence-corrected chi connectivity index (χ4v) is 5.02. The van der Waals surface area contributed by atoms with Crippen molar-refractivity contribution in [2.24, 2.45) is 22.7 Å². The van der Waals surface area contributed by atoms with Gasteiger partial charge in [0.25, 0.3) is 0 Å². The predicted octanol–water partition coefficient (Wildman–Crippen LogP) is 7.02. The Labute approximate surface area is 222 Å². The summed E-state index contributed by atoms with van der Waals surface area (Å²) in [6, 6.07) is 13.9. The highest BCUT2D eigenvalue weighted by Gasteiger charge is 2.43. The minimum atomic E-state index is -0.485. The molecular formula is C31H32FN3O3. The van der Waals surface area contributed by atoms with Crippen LogP contribution in [-0.2, 0) is 6.42 Å². The number of Topliss-reactive ketones (excluding diaryl/α,β-unsaturated/α-hetero) is 1. The highest BCUT2D eigenvalue weighted by Crippen LogP contribution is 2.45. The van der Waals surface area contributed by atoms with E-state index in [4.69, 9.17) is 4.74 Å². The summed E-state index contributed by atoms with van der Waals surface area (Å²) in [5.41, 5.74) is 3.24. The summed E-state index contributed by atoms with van der Waals surface area (Å²) in [7, 11) is 1.84. The Morgan fingerprint density at radius 3 is 2.66 bits per heavy atom. The number of anilines is 2. The van der Waals surface area contributed by atoms with Gasteiger partial charge in [-0.1, -0.05) is 13.8 Å². The Kier molecular flexibility index (Phi) is 7.27. The monoisotopic (exact) mass is 513 g/mol. The van der Waals surface area contributed by atoms with Crippen molar-refractivity contribution in [3.05, 3.63) is 95.4 Å². The van der Waals surface area contributed by atoms with E-state index in [1.165, 1.54) is 6.07 Å². The van der Waals surface area contributed by atoms with Gasteiger partial charge in [-0.25, -0.2) is 4.39 Å². The zero-order valence-corrected chi connectivity index (χ0v) is 21.9. The van der Waals surface area contributed by atoms with Crippen LogP contribution in [0, 0.1) is 23.6 Å². The fourth-order valence-electron chi connectivity index (χ4n) is 5.02. The number of carbonyl (C=O) groups is 1. The number of ether oxygens (including phenoxy) is 1. The number of fused-ring (bicyclic) bond motifs is 1. The molecule has 0 saturated heterocycles. The van der Waals surface area contributed by atoms with Crippen molar-refractivity contribution >= 4 is 23.1 Å². The molecule has 38 heavy (non-hydrogen) atoms. The third-order valence-electron chi connectivity index (χ3n) is 7.18. The lowest BCUT2D eigenvalue weighted by molar-refractivity contribution is 0.0955. The Hall–Kier alpha value is -4.00. The third kappa shape index (κ3) is 5.62. The molecular weight excluding hydrogens is 481 g/mol. The number of aromatic nitrogens is 1. The number of aliphatic hydroxyl groups excluding tert-OH is 1. The number of aliphatic imine (C=N–C) groups is 1. The molecule has 0 spiro atoms. The topological polar surface area (TPSA) is 75.0 Å². The normalized spacial score (nSPS) is 21.3. The van der Waals surface area contributed by atoms with Crippen molar-refractivity contribution in [2.45, 2.75) is 39.5 Å². The van der Waals surface area contributed by atoms with Crippen molar-refractivity contribution in [1.82, 2.24) is 4.98 Å². The van der Waals surface area contributed by atoms with Crippen LogP contribution >= 0.6 is 0 Å². The average molecular weight is 514 g/mol. The molecule has 2 aromatic carbocycles. The van der Waals surface area contributed by atoms with Crippen LogP contribution in [0.1, 0.15) is 54.6 Å². The standard InChI is InChI=1S/C31H32FN3O3/c1-19(2)15-21-16-27(21)30(36)26-12-9-23(17-28(26)32)35(3)22-7-10-24(11-8-22)38-29-6-4-5-20-18-33-14-13-25(20)31(37)34-29/h6-14,17-19,21,27H,4-5,15-16H2,1-3H3,(H,34,37)/b29-6+/t21-,27?/m0/s1. The van der Waals surface area contributed by atoms with Crippen LogP contribution in [-0.4, -0.2) is 28.8 Å². The zero-order valence-electron chi connectivity index (χ0n) is 21.9. The van der Waals surface area contributed by atoms with Crippen molar-refractivity contribution in [2.75, 3.05) is 11.9 Å². The number of aryl methyl sites for hydroxylation is 1. The van der Waals surface area contributed by atoms with Gasteiger partial charge in [0.1, 0.15) is 11.6 Å². The van der Waals surface area contributed by atoms with Crippen molar-refractivity contribution < 1.29 is 19.0 Å². The number of halogens is 1. The lowest BCUT2D eigenvalue weighted by atomic mass is 10.0. The summed E-state index contributed by atoms with van der Waals surface area (Å²) >= 11 is 0. The molecule has 1 N–H and O–H groups in total. The van der Waals surface area contributed by atoms with Gasteiger partial charge in [0.2, 0.25) is 11.8 Å². The van der Waals surface area contributed by atoms with E-state index in [9.17, 15) is 14.3 Å². The highest BCUT2D eigenvalue weighted by atomic mass is 19.1. The molecule has 1 aliphatic heterocycles. The van der Waals surface area contributed by atoms with Crippen LogP contribution in [0.25, 0.3) is 0 Å². The maximum atomic E-state index is 15.0. The first-order valence-electron chi connectivity index (χ1n) is 13.1. The molecule has 1 unspecified atom stereocenters. The molecule has 196 valence electrons. The maximum Gasteiger partial charge on any atom is 0.221 e. The Morgan fingerprint density at radius 1 is 1.16 bits per heavy atom. The van der Waals surface area contributed by atoms with Gasteiger partial charge >= 0.3 is 0 Å². The molecule has 2 aliphatic rings. The summed E-state index contributed by atoms with van der Waals surface area (Å²) in [5.74, 6) is 1.08. The van der Waals surface area contributed by atoms with Gasteiger partial charge in [-0.2, -0.15) is 4.99 Å². The smallest absolute Gasteiger partial charge is 0.221 e. The molecule has 3 aromatic rings. The molecule has 1 saturated carbocycles. The Morgan fingerprint density at radius 2 is 1.92 bits per heavy atom. The molecule has 1 aromatic heterocycles. The maximum absolute atomic E-state index is 15.0. The van der Waals surface area contributed by atoms with E-state index in [0.29, 0.717) is 41.1 Å². The lowest BCUT2D eigenvalue weighted by Gasteiger charge is -2.20. The highest BCUT2D eigenvalue weighted by molar-refractivity contribution is 6.00. The lowest BCUT2D eigenvalue weighted by Crippen LogP contribution is -2.12. The second kappa shape index (κ2) is 10.8. The van der Waals surface area contributed by atoms with Crippen LogP contribution in [0.5, 0.6) is 5.75 Å². The molecule has 0 radical (unpaired) electrons. The number of rotatable bonds is 8. The number of aliphatic hydroxyl groups is 1. The molecule has 1 aliphatic carbocycles. The fraction of sp³-hybridized carbons (Fsp3) is 0.323. The number of nitrogens with zero attached hydrogens (tertiary/aromatic N) is 3. The second-order valence-electron chi connectivity index (χ2n) is 10.5. The quantitative estimate of drug-likeness (QED) is 0.328. The minimum Gasteiger partial charge on any atom is -0.493 e. The third-order valence-corrected chi connectivity index (χ3v) is 7.18. The van der Waals surface area contributed by atoms with E-state index in [2.05, 4.69) is 23.8 Å². The van der Waals surface area contributed by atoms with Gasteiger partial charge in [-0.05, 0) is 97.7 Å². The molecule has 7 heteroatoms. The summed E-state index contributed by atoms with van der Waals surface area (Å²) in [5, 5.41) is 10.5. The summed E-state index contributed by atoms with van der Waals surface area (Å²) in [6.07, 6.45) is 8.50. The van der Waals surface area contributed by atoms with Gasteiger partial charge in [-0.3, -0.25) is 9.78 Å². The van der Waals surface area contributed by atoms with Crippen LogP contribution in [0.4, 0.5) is 15.8 Å². The largest absolute Gasteiger partial charge is 0.493 e. The SMILES string of the molecule is CC(C)C[C@H]1CC1C(=O)c1ccc(N(C)c2ccc(OC3=C/CCc4cnccc4/C(O)=N\3)cc2)cc1F. The van der Waals surface area contributed by atoms with Gasteiger partial charge in [-0.15, -0.1) is 0 Å². The number of benzene rings is 2. The second-order valence-corrected chi connectivity index (χ2v) is 10.5. The number of allylic oxidation sites excluding steroid dienone is 1. The van der Waals surface area contributed by atoms with Gasteiger partial charge < -0.3 is 14.7 Å². The molecule has 0 amide bonds. The molecule has 2 heterocycles. The number of hydrogen-bond donors (Lipinski definition) is 1. The van der Waals surface area contributed by atoms with E-state index in [1.807, 2.05) is 30.2 Å². The first-order chi connectivity index (χ1) is 18.3. The van der Waals surface area contributed by atoms with Crippen molar-refractivity contribution in [1.29, 1.82) is 0 Å². The molecule has 2 atom stereocenters. The van der Waals surface area contributed by atoms with E-state index >= 15 is 0 Å². The number of ketones is 1. The molecule has 6 nitrogen and oxygen atoms in total.